The van der Waals surface area contributed by atoms with Crippen LogP contribution in [0, 0.1) is 0 Å². The molecule has 0 aromatic heterocycles. The predicted molar refractivity (Wildman–Crippen MR) is 329 cm³/mol. The van der Waals surface area contributed by atoms with E-state index in [1.165, 1.54) is 295 Å². The first kappa shape index (κ1) is 73.1. The Kier molecular flexibility index (Phi) is 63.0. The van der Waals surface area contributed by atoms with E-state index in [-0.39, 0.29) is 18.5 Å². The highest BCUT2D eigenvalue weighted by atomic mass is 16.5. The second-order valence-corrected chi connectivity index (χ2v) is 23.2. The fraction of sp³-hybridized carbons (Fsp3) is 0.884. The summed E-state index contributed by atoms with van der Waals surface area (Å²) in [7, 11) is 0. The van der Waals surface area contributed by atoms with Gasteiger partial charge in [-0.25, -0.2) is 0 Å². The van der Waals surface area contributed by atoms with Gasteiger partial charge in [-0.2, -0.15) is 0 Å². The van der Waals surface area contributed by atoms with Crippen molar-refractivity contribution in [2.45, 2.75) is 379 Å². The predicted octanol–water partition coefficient (Wildman–Crippen LogP) is 21.5. The van der Waals surface area contributed by atoms with Crippen LogP contribution in [-0.2, 0) is 14.3 Å². The van der Waals surface area contributed by atoms with Crippen molar-refractivity contribution in [3.8, 4) is 0 Å². The molecule has 75 heavy (non-hydrogen) atoms. The summed E-state index contributed by atoms with van der Waals surface area (Å²) in [6, 6.07) is -0.631. The molecule has 0 aliphatic rings. The molecule has 0 radical (unpaired) electrons. The van der Waals surface area contributed by atoms with Crippen molar-refractivity contribution in [2.75, 3.05) is 13.2 Å². The van der Waals surface area contributed by atoms with Gasteiger partial charge in [0.15, 0.2) is 0 Å². The number of hydrogen-bond donors (Lipinski definition) is 3. The molecule has 0 saturated carbocycles. The Morgan fingerprint density at radius 2 is 0.667 bits per heavy atom. The van der Waals surface area contributed by atoms with Crippen molar-refractivity contribution >= 4 is 11.9 Å². The molecule has 2 unspecified atom stereocenters. The molecule has 6 heteroatoms. The molecule has 0 heterocycles. The minimum atomic E-state index is -0.847. The van der Waals surface area contributed by atoms with Crippen molar-refractivity contribution in [1.29, 1.82) is 0 Å². The number of nitrogens with one attached hydrogen (secondary N) is 1. The van der Waals surface area contributed by atoms with E-state index in [0.29, 0.717) is 19.4 Å². The van der Waals surface area contributed by atoms with Crippen LogP contribution in [0.4, 0.5) is 0 Å². The molecule has 6 nitrogen and oxygen atoms in total. The van der Waals surface area contributed by atoms with Gasteiger partial charge in [-0.3, -0.25) is 9.59 Å². The van der Waals surface area contributed by atoms with Gasteiger partial charge in [-0.1, -0.05) is 326 Å². The SMILES string of the molecule is CCCCCCCCCCCCCCCC/C=C/C(O)C(CO)NC(=O)CCCCCCCCCCCCC/C=C\C/C=C\CCCCCCCCCCCOC(=O)CCCCCCCCCCCCCCCCC. The van der Waals surface area contributed by atoms with E-state index < -0.39 is 12.1 Å². The maximum absolute atomic E-state index is 12.5. The standard InChI is InChI=1S/C69H131NO5/c1-3-5-7-9-11-13-15-17-19-34-37-41-45-49-53-57-61-67(72)66(65-71)70-68(73)62-58-54-50-46-42-38-35-31-29-27-25-23-21-20-22-24-26-28-30-32-36-40-44-48-52-56-60-64-75-69(74)63-59-55-51-47-43-39-33-18-16-14-12-10-8-6-4-2/h20-21,24,26,57,61,66-67,71-72H,3-19,22-23,25,27-56,58-60,62-65H2,1-2H3,(H,70,73)/b21-20-,26-24-,61-57+. The molecule has 0 rings (SSSR count). The number of aliphatic hydroxyl groups is 2. The topological polar surface area (TPSA) is 95.9 Å². The van der Waals surface area contributed by atoms with Gasteiger partial charge in [0.1, 0.15) is 0 Å². The van der Waals surface area contributed by atoms with Gasteiger partial charge in [-0.05, 0) is 64.2 Å². The number of unbranched alkanes of at least 4 members (excludes halogenated alkanes) is 48. The quantitative estimate of drug-likeness (QED) is 0.0320. The summed E-state index contributed by atoms with van der Waals surface area (Å²) in [4.78, 5) is 24.6. The first-order valence-electron chi connectivity index (χ1n) is 33.8. The van der Waals surface area contributed by atoms with Crippen LogP contribution >= 0.6 is 0 Å². The molecule has 0 bridgehead atoms. The largest absolute Gasteiger partial charge is 0.466 e. The molecule has 1 amide bonds. The monoisotopic (exact) mass is 1050 g/mol. The Morgan fingerprint density at radius 1 is 0.373 bits per heavy atom. The molecular formula is C69H131NO5. The van der Waals surface area contributed by atoms with E-state index in [2.05, 4.69) is 43.5 Å². The van der Waals surface area contributed by atoms with E-state index in [1.807, 2.05) is 6.08 Å². The van der Waals surface area contributed by atoms with Crippen molar-refractivity contribution < 1.29 is 24.5 Å². The van der Waals surface area contributed by atoms with Crippen LogP contribution in [0.5, 0.6) is 0 Å². The van der Waals surface area contributed by atoms with E-state index >= 15 is 0 Å². The highest BCUT2D eigenvalue weighted by Gasteiger charge is 2.18. The number of rotatable bonds is 63. The summed E-state index contributed by atoms with van der Waals surface area (Å²) in [6.07, 6.45) is 82.1. The number of carbonyl (C=O) groups is 2. The molecule has 2 atom stereocenters. The average molecular weight is 1050 g/mol. The molecule has 0 aromatic rings. The lowest BCUT2D eigenvalue weighted by Gasteiger charge is -2.20. The van der Waals surface area contributed by atoms with E-state index in [1.54, 1.807) is 6.08 Å². The fourth-order valence-electron chi connectivity index (χ4n) is 10.5. The first-order chi connectivity index (χ1) is 37.0. The lowest BCUT2D eigenvalue weighted by Crippen LogP contribution is -2.45. The number of aliphatic hydroxyl groups excluding tert-OH is 2. The molecule has 0 aliphatic carbocycles. The Labute approximate surface area is 468 Å². The molecule has 0 spiro atoms. The zero-order valence-electron chi connectivity index (χ0n) is 50.5. The van der Waals surface area contributed by atoms with Crippen molar-refractivity contribution in [3.63, 3.8) is 0 Å². The molecule has 0 aliphatic heterocycles. The Bertz CT molecular complexity index is 1210. The molecule has 442 valence electrons. The van der Waals surface area contributed by atoms with Gasteiger partial charge in [0.2, 0.25) is 5.91 Å². The van der Waals surface area contributed by atoms with Gasteiger partial charge in [-0.15, -0.1) is 0 Å². The molecule has 3 N–H and O–H groups in total. The lowest BCUT2D eigenvalue weighted by atomic mass is 10.0. The third kappa shape index (κ3) is 61.2. The smallest absolute Gasteiger partial charge is 0.305 e. The lowest BCUT2D eigenvalue weighted by molar-refractivity contribution is -0.143. The maximum Gasteiger partial charge on any atom is 0.305 e. The minimum Gasteiger partial charge on any atom is -0.466 e. The maximum atomic E-state index is 12.5. The van der Waals surface area contributed by atoms with E-state index in [0.717, 1.165) is 44.9 Å². The normalized spacial score (nSPS) is 12.7. The Balaban J connectivity index is 3.43. The third-order valence-electron chi connectivity index (χ3n) is 15.7. The van der Waals surface area contributed by atoms with Crippen LogP contribution in [-0.4, -0.2) is 47.4 Å². The van der Waals surface area contributed by atoms with Crippen LogP contribution in [0.15, 0.2) is 36.5 Å². The van der Waals surface area contributed by atoms with E-state index in [9.17, 15) is 19.8 Å². The zero-order valence-corrected chi connectivity index (χ0v) is 50.5. The average Bonchev–Trinajstić information content (AvgIpc) is 3.41. The van der Waals surface area contributed by atoms with E-state index in [4.69, 9.17) is 4.74 Å². The Hall–Kier alpha value is -1.92. The Morgan fingerprint density at radius 3 is 1.01 bits per heavy atom. The molecule has 0 fully saturated rings. The molecular weight excluding hydrogens is 923 g/mol. The summed E-state index contributed by atoms with van der Waals surface area (Å²) in [6.45, 7) is 4.93. The highest BCUT2D eigenvalue weighted by molar-refractivity contribution is 5.76. The van der Waals surface area contributed by atoms with Crippen LogP contribution in [0.25, 0.3) is 0 Å². The van der Waals surface area contributed by atoms with Crippen LogP contribution in [0.3, 0.4) is 0 Å². The zero-order chi connectivity index (χ0) is 54.3. The fourth-order valence-corrected chi connectivity index (χ4v) is 10.5. The molecule has 0 saturated heterocycles. The van der Waals surface area contributed by atoms with Gasteiger partial charge < -0.3 is 20.3 Å². The van der Waals surface area contributed by atoms with Crippen molar-refractivity contribution in [2.24, 2.45) is 0 Å². The summed E-state index contributed by atoms with van der Waals surface area (Å²) in [5.74, 6) is -0.0557. The minimum absolute atomic E-state index is 0.0134. The van der Waals surface area contributed by atoms with Crippen LogP contribution in [0.2, 0.25) is 0 Å². The summed E-state index contributed by atoms with van der Waals surface area (Å²) >= 11 is 0. The highest BCUT2D eigenvalue weighted by Crippen LogP contribution is 2.18. The number of allylic oxidation sites excluding steroid dienone is 5. The third-order valence-corrected chi connectivity index (χ3v) is 15.7. The van der Waals surface area contributed by atoms with Crippen molar-refractivity contribution in [3.05, 3.63) is 36.5 Å². The second kappa shape index (κ2) is 64.6. The van der Waals surface area contributed by atoms with Gasteiger partial charge in [0, 0.05) is 12.8 Å². The van der Waals surface area contributed by atoms with Crippen molar-refractivity contribution in [1.82, 2.24) is 5.32 Å². The van der Waals surface area contributed by atoms with Gasteiger partial charge in [0.05, 0.1) is 25.4 Å². The van der Waals surface area contributed by atoms with Gasteiger partial charge in [0.25, 0.3) is 0 Å². The number of hydrogen-bond acceptors (Lipinski definition) is 5. The number of ether oxygens (including phenoxy) is 1. The number of amides is 1. The summed E-state index contributed by atoms with van der Waals surface area (Å²) < 4.78 is 5.49. The molecule has 0 aromatic carbocycles. The first-order valence-corrected chi connectivity index (χ1v) is 33.8. The van der Waals surface area contributed by atoms with Crippen LogP contribution in [0.1, 0.15) is 367 Å². The number of carbonyl (C=O) groups excluding carboxylic acids is 2. The van der Waals surface area contributed by atoms with Gasteiger partial charge >= 0.3 is 5.97 Å². The summed E-state index contributed by atoms with van der Waals surface area (Å²) in [5.41, 5.74) is 0. The van der Waals surface area contributed by atoms with Crippen LogP contribution < -0.4 is 5.32 Å². The number of esters is 1. The second-order valence-electron chi connectivity index (χ2n) is 23.2. The summed E-state index contributed by atoms with van der Waals surface area (Å²) in [5, 5.41) is 23.2.